The highest BCUT2D eigenvalue weighted by molar-refractivity contribution is 5.30. The molecule has 0 spiro atoms. The van der Waals surface area contributed by atoms with Crippen molar-refractivity contribution >= 4 is 6.01 Å². The van der Waals surface area contributed by atoms with Crippen LogP contribution in [0.4, 0.5) is 6.01 Å². The summed E-state index contributed by atoms with van der Waals surface area (Å²) in [7, 11) is 0. The smallest absolute Gasteiger partial charge is 0.315 e. The Morgan fingerprint density at radius 2 is 2.04 bits per heavy atom. The van der Waals surface area contributed by atoms with Crippen LogP contribution in [0.5, 0.6) is 0 Å². The van der Waals surface area contributed by atoms with Gasteiger partial charge in [0.25, 0.3) is 0 Å². The summed E-state index contributed by atoms with van der Waals surface area (Å²) in [6, 6.07) is 10.3. The van der Waals surface area contributed by atoms with Crippen LogP contribution in [0.25, 0.3) is 5.69 Å². The minimum absolute atomic E-state index is 0.344. The highest BCUT2D eigenvalue weighted by Crippen LogP contribution is 2.41. The lowest BCUT2D eigenvalue weighted by Crippen LogP contribution is -2.00. The van der Waals surface area contributed by atoms with E-state index >= 15 is 0 Å². The SMILES string of the molecule is CC(c1nnc(NCc2cn(-c3ccccc3)nn2)o1)C1CC1. The lowest BCUT2D eigenvalue weighted by Gasteiger charge is -2.02. The molecule has 1 saturated carbocycles. The zero-order valence-electron chi connectivity index (χ0n) is 12.9. The first kappa shape index (κ1) is 13.9. The zero-order valence-corrected chi connectivity index (χ0v) is 12.9. The van der Waals surface area contributed by atoms with E-state index in [1.807, 2.05) is 36.5 Å². The van der Waals surface area contributed by atoms with Crippen molar-refractivity contribution in [1.82, 2.24) is 25.2 Å². The Morgan fingerprint density at radius 1 is 1.22 bits per heavy atom. The van der Waals surface area contributed by atoms with Crippen molar-refractivity contribution in [3.05, 3.63) is 48.1 Å². The molecule has 0 amide bonds. The third kappa shape index (κ3) is 3.08. The van der Waals surface area contributed by atoms with Crippen molar-refractivity contribution in [3.8, 4) is 5.69 Å². The van der Waals surface area contributed by atoms with Crippen molar-refractivity contribution in [3.63, 3.8) is 0 Å². The summed E-state index contributed by atoms with van der Waals surface area (Å²) >= 11 is 0. The van der Waals surface area contributed by atoms with Crippen LogP contribution in [0.2, 0.25) is 0 Å². The van der Waals surface area contributed by atoms with Crippen LogP contribution in [0, 0.1) is 5.92 Å². The number of nitrogens with one attached hydrogen (secondary N) is 1. The fourth-order valence-electron chi connectivity index (χ4n) is 2.54. The molecule has 1 fully saturated rings. The van der Waals surface area contributed by atoms with E-state index in [1.165, 1.54) is 12.8 Å². The Bertz CT molecular complexity index is 777. The molecule has 7 nitrogen and oxygen atoms in total. The summed E-state index contributed by atoms with van der Waals surface area (Å²) < 4.78 is 7.41. The molecule has 7 heteroatoms. The van der Waals surface area contributed by atoms with Crippen LogP contribution in [-0.2, 0) is 6.54 Å². The Balaban J connectivity index is 1.39. The largest absolute Gasteiger partial charge is 0.408 e. The molecule has 0 saturated heterocycles. The van der Waals surface area contributed by atoms with E-state index in [1.54, 1.807) is 4.68 Å². The lowest BCUT2D eigenvalue weighted by molar-refractivity contribution is 0.444. The van der Waals surface area contributed by atoms with Gasteiger partial charge in [-0.1, -0.05) is 35.4 Å². The van der Waals surface area contributed by atoms with Gasteiger partial charge in [-0.3, -0.25) is 0 Å². The quantitative estimate of drug-likeness (QED) is 0.754. The Morgan fingerprint density at radius 3 is 2.83 bits per heavy atom. The number of rotatable bonds is 6. The maximum atomic E-state index is 5.67. The van der Waals surface area contributed by atoms with Gasteiger partial charge in [0.15, 0.2) is 0 Å². The molecule has 0 aliphatic heterocycles. The number of aromatic nitrogens is 5. The van der Waals surface area contributed by atoms with Crippen LogP contribution in [0.15, 0.2) is 40.9 Å². The Kier molecular flexibility index (Phi) is 3.53. The maximum absolute atomic E-state index is 5.67. The summed E-state index contributed by atoms with van der Waals surface area (Å²) in [6.45, 7) is 2.63. The van der Waals surface area contributed by atoms with Crippen molar-refractivity contribution in [2.75, 3.05) is 5.32 Å². The van der Waals surface area contributed by atoms with E-state index in [2.05, 4.69) is 32.7 Å². The summed E-state index contributed by atoms with van der Waals surface area (Å²) in [6.07, 6.45) is 4.40. The van der Waals surface area contributed by atoms with E-state index in [9.17, 15) is 0 Å². The normalized spacial score (nSPS) is 15.5. The van der Waals surface area contributed by atoms with Gasteiger partial charge in [0.1, 0.15) is 5.69 Å². The van der Waals surface area contributed by atoms with Crippen molar-refractivity contribution in [1.29, 1.82) is 0 Å². The molecule has 4 rings (SSSR count). The predicted molar refractivity (Wildman–Crippen MR) is 84.1 cm³/mol. The van der Waals surface area contributed by atoms with Crippen molar-refractivity contribution in [2.24, 2.45) is 5.92 Å². The van der Waals surface area contributed by atoms with Crippen LogP contribution < -0.4 is 5.32 Å². The first-order valence-electron chi connectivity index (χ1n) is 7.83. The van der Waals surface area contributed by atoms with Crippen LogP contribution in [0.1, 0.15) is 37.3 Å². The molecule has 0 radical (unpaired) electrons. The molecule has 0 bridgehead atoms. The van der Waals surface area contributed by atoms with Gasteiger partial charge >= 0.3 is 6.01 Å². The highest BCUT2D eigenvalue weighted by Gasteiger charge is 2.32. The third-order valence-electron chi connectivity index (χ3n) is 4.14. The number of hydrogen-bond donors (Lipinski definition) is 1. The summed E-state index contributed by atoms with van der Waals surface area (Å²) in [5.74, 6) is 1.76. The van der Waals surface area contributed by atoms with E-state index in [0.717, 1.165) is 11.4 Å². The first-order valence-corrected chi connectivity index (χ1v) is 7.83. The molecule has 1 unspecified atom stereocenters. The van der Waals surface area contributed by atoms with Crippen molar-refractivity contribution in [2.45, 2.75) is 32.2 Å². The number of para-hydroxylation sites is 1. The fourth-order valence-corrected chi connectivity index (χ4v) is 2.54. The molecule has 1 aliphatic rings. The van der Waals surface area contributed by atoms with Gasteiger partial charge in [0.2, 0.25) is 5.89 Å². The molecular weight excluding hydrogens is 292 g/mol. The van der Waals surface area contributed by atoms with Crippen LogP contribution in [0.3, 0.4) is 0 Å². The maximum Gasteiger partial charge on any atom is 0.315 e. The summed E-state index contributed by atoms with van der Waals surface area (Å²) in [4.78, 5) is 0. The molecule has 2 heterocycles. The van der Waals surface area contributed by atoms with E-state index < -0.39 is 0 Å². The van der Waals surface area contributed by atoms with Crippen molar-refractivity contribution < 1.29 is 4.42 Å². The van der Waals surface area contributed by atoms with Gasteiger partial charge in [0, 0.05) is 5.92 Å². The zero-order chi connectivity index (χ0) is 15.6. The summed E-state index contributed by atoms with van der Waals surface area (Å²) in [5.41, 5.74) is 1.79. The first-order chi connectivity index (χ1) is 11.3. The molecule has 1 atom stereocenters. The van der Waals surface area contributed by atoms with Crippen LogP contribution >= 0.6 is 0 Å². The minimum atomic E-state index is 0.344. The van der Waals surface area contributed by atoms with Gasteiger partial charge in [-0.2, -0.15) is 0 Å². The number of hydrogen-bond acceptors (Lipinski definition) is 6. The molecular formula is C16H18N6O. The number of benzene rings is 1. The Labute approximate surface area is 133 Å². The van der Waals surface area contributed by atoms with E-state index in [0.29, 0.717) is 30.3 Å². The molecule has 1 N–H and O–H groups in total. The molecule has 3 aromatic rings. The topological polar surface area (TPSA) is 81.7 Å². The highest BCUT2D eigenvalue weighted by atomic mass is 16.4. The second-order valence-corrected chi connectivity index (χ2v) is 5.92. The van der Waals surface area contributed by atoms with Gasteiger partial charge in [-0.15, -0.1) is 10.2 Å². The molecule has 1 aromatic carbocycles. The van der Waals surface area contributed by atoms with Gasteiger partial charge in [-0.05, 0) is 30.9 Å². The second kappa shape index (κ2) is 5.83. The summed E-state index contributed by atoms with van der Waals surface area (Å²) in [5, 5.41) is 19.5. The van der Waals surface area contributed by atoms with Gasteiger partial charge in [-0.25, -0.2) is 4.68 Å². The van der Waals surface area contributed by atoms with E-state index in [-0.39, 0.29) is 0 Å². The second-order valence-electron chi connectivity index (χ2n) is 5.92. The fraction of sp³-hybridized carbons (Fsp3) is 0.375. The van der Waals surface area contributed by atoms with E-state index in [4.69, 9.17) is 4.42 Å². The molecule has 2 aromatic heterocycles. The van der Waals surface area contributed by atoms with Crippen LogP contribution in [-0.4, -0.2) is 25.2 Å². The third-order valence-corrected chi connectivity index (χ3v) is 4.14. The standard InChI is InChI=1S/C16H18N6O/c1-11(12-7-8-12)15-19-20-16(23-15)17-9-13-10-22(21-18-13)14-5-3-2-4-6-14/h2-6,10-12H,7-9H2,1H3,(H,17,20). The number of anilines is 1. The Hall–Kier alpha value is -2.70. The molecule has 118 valence electrons. The average Bonchev–Trinajstić information content (AvgIpc) is 3.15. The predicted octanol–water partition coefficient (Wildman–Crippen LogP) is 2.78. The number of nitrogens with zero attached hydrogens (tertiary/aromatic N) is 5. The molecule has 23 heavy (non-hydrogen) atoms. The average molecular weight is 310 g/mol. The lowest BCUT2D eigenvalue weighted by atomic mass is 10.1. The monoisotopic (exact) mass is 310 g/mol. The molecule has 1 aliphatic carbocycles. The van der Waals surface area contributed by atoms with Gasteiger partial charge < -0.3 is 9.73 Å². The van der Waals surface area contributed by atoms with Gasteiger partial charge in [0.05, 0.1) is 18.4 Å². The minimum Gasteiger partial charge on any atom is -0.408 e.